The van der Waals surface area contributed by atoms with E-state index >= 15 is 0 Å². The Morgan fingerprint density at radius 3 is 2.18 bits per heavy atom. The van der Waals surface area contributed by atoms with Gasteiger partial charge in [-0.3, -0.25) is 4.18 Å². The second-order valence-electron chi connectivity index (χ2n) is 7.32. The SMILES string of the molecule is CC(C)(C)OC(=O)COCCCOCCCCOS(=O)(=O)Cc1ccccc1. The fraction of sp³-hybridized carbons (Fsp3) is 0.650. The number of esters is 1. The summed E-state index contributed by atoms with van der Waals surface area (Å²) in [7, 11) is -3.56. The molecule has 0 bridgehead atoms. The molecule has 1 aromatic rings. The molecule has 1 aromatic carbocycles. The highest BCUT2D eigenvalue weighted by Crippen LogP contribution is 2.08. The zero-order valence-electron chi connectivity index (χ0n) is 17.0. The number of benzene rings is 1. The van der Waals surface area contributed by atoms with E-state index < -0.39 is 15.7 Å². The number of ether oxygens (including phenoxy) is 3. The molecular formula is C20H32O7S. The summed E-state index contributed by atoms with van der Waals surface area (Å²) in [6.07, 6.45) is 1.98. The Hall–Kier alpha value is -1.48. The van der Waals surface area contributed by atoms with Gasteiger partial charge in [-0.25, -0.2) is 4.79 Å². The van der Waals surface area contributed by atoms with Crippen LogP contribution in [0.2, 0.25) is 0 Å². The van der Waals surface area contributed by atoms with E-state index in [1.54, 1.807) is 24.3 Å². The number of hydrogen-bond donors (Lipinski definition) is 0. The second kappa shape index (κ2) is 12.9. The van der Waals surface area contributed by atoms with E-state index in [1.165, 1.54) is 0 Å². The number of carbonyl (C=O) groups excluding carboxylic acids is 1. The summed E-state index contributed by atoms with van der Waals surface area (Å²) >= 11 is 0. The van der Waals surface area contributed by atoms with Crippen molar-refractivity contribution >= 4 is 16.1 Å². The van der Waals surface area contributed by atoms with Crippen molar-refractivity contribution in [3.05, 3.63) is 35.9 Å². The van der Waals surface area contributed by atoms with Gasteiger partial charge in [0.15, 0.2) is 0 Å². The maximum Gasteiger partial charge on any atom is 0.332 e. The van der Waals surface area contributed by atoms with E-state index in [2.05, 4.69) is 0 Å². The van der Waals surface area contributed by atoms with Gasteiger partial charge in [-0.15, -0.1) is 0 Å². The molecule has 0 spiro atoms. The van der Waals surface area contributed by atoms with Gasteiger partial charge in [0.1, 0.15) is 18.0 Å². The lowest BCUT2D eigenvalue weighted by Gasteiger charge is -2.19. The van der Waals surface area contributed by atoms with Gasteiger partial charge in [0.05, 0.1) is 6.61 Å². The Bertz CT molecular complexity index is 651. The molecule has 0 radical (unpaired) electrons. The largest absolute Gasteiger partial charge is 0.458 e. The molecule has 0 aliphatic carbocycles. The molecule has 0 N–H and O–H groups in total. The van der Waals surface area contributed by atoms with Crippen LogP contribution in [0, 0.1) is 0 Å². The van der Waals surface area contributed by atoms with Crippen molar-refractivity contribution in [3.8, 4) is 0 Å². The van der Waals surface area contributed by atoms with Crippen LogP contribution in [0.15, 0.2) is 30.3 Å². The maximum atomic E-state index is 11.9. The van der Waals surface area contributed by atoms with Crippen LogP contribution >= 0.6 is 0 Å². The lowest BCUT2D eigenvalue weighted by molar-refractivity contribution is -0.160. The predicted octanol–water partition coefficient (Wildman–Crippen LogP) is 3.08. The minimum absolute atomic E-state index is 0.0634. The number of unbranched alkanes of at least 4 members (excludes halogenated alkanes) is 1. The second-order valence-corrected chi connectivity index (χ2v) is 8.96. The van der Waals surface area contributed by atoms with Gasteiger partial charge >= 0.3 is 5.97 Å². The molecule has 0 amide bonds. The first-order valence-corrected chi connectivity index (χ1v) is 11.0. The molecule has 0 saturated carbocycles. The smallest absolute Gasteiger partial charge is 0.332 e. The zero-order valence-corrected chi connectivity index (χ0v) is 17.8. The average molecular weight is 417 g/mol. The Morgan fingerprint density at radius 2 is 1.50 bits per heavy atom. The summed E-state index contributed by atoms with van der Waals surface area (Å²) in [6, 6.07) is 8.94. The lowest BCUT2D eigenvalue weighted by Crippen LogP contribution is -2.26. The molecule has 0 aliphatic rings. The van der Waals surface area contributed by atoms with Crippen molar-refractivity contribution in [3.63, 3.8) is 0 Å². The summed E-state index contributed by atoms with van der Waals surface area (Å²) in [4.78, 5) is 11.4. The van der Waals surface area contributed by atoms with Gasteiger partial charge in [0.25, 0.3) is 10.1 Å². The van der Waals surface area contributed by atoms with Crippen molar-refractivity contribution in [1.82, 2.24) is 0 Å². The minimum atomic E-state index is -3.56. The molecule has 28 heavy (non-hydrogen) atoms. The van der Waals surface area contributed by atoms with E-state index in [0.717, 1.165) is 0 Å². The monoisotopic (exact) mass is 416 g/mol. The minimum Gasteiger partial charge on any atom is -0.458 e. The number of hydrogen-bond acceptors (Lipinski definition) is 7. The third kappa shape index (κ3) is 13.7. The predicted molar refractivity (Wildman–Crippen MR) is 106 cm³/mol. The third-order valence-corrected chi connectivity index (χ3v) is 4.56. The molecule has 0 saturated heterocycles. The van der Waals surface area contributed by atoms with Crippen LogP contribution in [0.3, 0.4) is 0 Å². The lowest BCUT2D eigenvalue weighted by atomic mass is 10.2. The van der Waals surface area contributed by atoms with Crippen LogP contribution in [0.5, 0.6) is 0 Å². The molecule has 0 atom stereocenters. The molecule has 0 unspecified atom stereocenters. The summed E-state index contributed by atoms with van der Waals surface area (Å²) in [5, 5.41) is 0. The van der Waals surface area contributed by atoms with Gasteiger partial charge in [-0.2, -0.15) is 8.42 Å². The quantitative estimate of drug-likeness (QED) is 0.262. The Balaban J connectivity index is 1.94. The van der Waals surface area contributed by atoms with Gasteiger partial charge in [0.2, 0.25) is 0 Å². The van der Waals surface area contributed by atoms with E-state index in [1.807, 2.05) is 26.8 Å². The normalized spacial score (nSPS) is 12.1. The summed E-state index contributed by atoms with van der Waals surface area (Å²) in [5.74, 6) is -0.496. The molecular weight excluding hydrogens is 384 g/mol. The van der Waals surface area contributed by atoms with Gasteiger partial charge in [-0.1, -0.05) is 30.3 Å². The summed E-state index contributed by atoms with van der Waals surface area (Å²) < 4.78 is 44.5. The van der Waals surface area contributed by atoms with E-state index in [4.69, 9.17) is 18.4 Å². The van der Waals surface area contributed by atoms with Crippen molar-refractivity contribution in [2.75, 3.05) is 33.0 Å². The van der Waals surface area contributed by atoms with E-state index in [0.29, 0.717) is 44.6 Å². The van der Waals surface area contributed by atoms with Crippen LogP contribution < -0.4 is 0 Å². The Kier molecular flexibility index (Phi) is 11.3. The van der Waals surface area contributed by atoms with Crippen LogP contribution in [-0.4, -0.2) is 53.0 Å². The molecule has 0 aromatic heterocycles. The zero-order chi connectivity index (χ0) is 20.9. The Labute approximate surface area is 168 Å². The van der Waals surface area contributed by atoms with E-state index in [-0.39, 0.29) is 24.9 Å². The molecule has 1 rings (SSSR count). The van der Waals surface area contributed by atoms with E-state index in [9.17, 15) is 13.2 Å². The van der Waals surface area contributed by atoms with Crippen LogP contribution in [0.1, 0.15) is 45.6 Å². The van der Waals surface area contributed by atoms with Gasteiger partial charge < -0.3 is 14.2 Å². The van der Waals surface area contributed by atoms with Crippen LogP contribution in [0.4, 0.5) is 0 Å². The first kappa shape index (κ1) is 24.6. The fourth-order valence-electron chi connectivity index (χ4n) is 2.20. The summed E-state index contributed by atoms with van der Waals surface area (Å²) in [6.45, 7) is 6.97. The highest BCUT2D eigenvalue weighted by molar-refractivity contribution is 7.85. The maximum absolute atomic E-state index is 11.9. The topological polar surface area (TPSA) is 88.1 Å². The van der Waals surface area contributed by atoms with Crippen molar-refractivity contribution in [2.45, 2.75) is 51.4 Å². The fourth-order valence-corrected chi connectivity index (χ4v) is 3.26. The Morgan fingerprint density at radius 1 is 0.893 bits per heavy atom. The van der Waals surface area contributed by atoms with Crippen molar-refractivity contribution < 1.29 is 31.6 Å². The molecule has 160 valence electrons. The van der Waals surface area contributed by atoms with Gasteiger partial charge in [-0.05, 0) is 45.6 Å². The summed E-state index contributed by atoms with van der Waals surface area (Å²) in [5.41, 5.74) is 0.202. The number of rotatable bonds is 14. The van der Waals surface area contributed by atoms with Crippen LogP contribution in [-0.2, 0) is 39.1 Å². The highest BCUT2D eigenvalue weighted by atomic mass is 32.2. The van der Waals surface area contributed by atoms with Crippen molar-refractivity contribution in [1.29, 1.82) is 0 Å². The molecule has 0 fully saturated rings. The average Bonchev–Trinajstić information content (AvgIpc) is 2.58. The first-order chi connectivity index (χ1) is 13.2. The molecule has 7 nitrogen and oxygen atoms in total. The van der Waals surface area contributed by atoms with Gasteiger partial charge in [0, 0.05) is 19.8 Å². The molecule has 0 aliphatic heterocycles. The van der Waals surface area contributed by atoms with Crippen molar-refractivity contribution in [2.24, 2.45) is 0 Å². The highest BCUT2D eigenvalue weighted by Gasteiger charge is 2.16. The molecule has 8 heteroatoms. The third-order valence-electron chi connectivity index (χ3n) is 3.35. The first-order valence-electron chi connectivity index (χ1n) is 9.46. The number of carbonyl (C=O) groups is 1. The van der Waals surface area contributed by atoms with Crippen LogP contribution in [0.25, 0.3) is 0 Å². The molecule has 0 heterocycles. The standard InChI is InChI=1S/C20H32O7S/c1-20(2,3)27-19(21)16-25-14-9-13-24-12-7-8-15-26-28(22,23)17-18-10-5-4-6-11-18/h4-6,10-11H,7-9,12-17H2,1-3H3.